The van der Waals surface area contributed by atoms with Gasteiger partial charge in [-0.2, -0.15) is 0 Å². The van der Waals surface area contributed by atoms with E-state index < -0.39 is 0 Å². The van der Waals surface area contributed by atoms with E-state index in [1.165, 1.54) is 6.92 Å². The van der Waals surface area contributed by atoms with E-state index in [2.05, 4.69) is 10.6 Å². The molecule has 2 rings (SSSR count). The number of carbonyl (C=O) groups is 3. The first-order valence-corrected chi connectivity index (χ1v) is 8.66. The monoisotopic (exact) mass is 382 g/mol. The lowest BCUT2D eigenvalue weighted by Gasteiger charge is -2.36. The highest BCUT2D eigenvalue weighted by atomic mass is 35.5. The Morgan fingerprint density at radius 2 is 1.88 bits per heavy atom. The second-order valence-corrected chi connectivity index (χ2v) is 6.25. The minimum atomic E-state index is -0.150. The molecule has 7 nitrogen and oxygen atoms in total. The number of piperidine rings is 1. The van der Waals surface area contributed by atoms with Crippen LogP contribution in [0.1, 0.15) is 43.0 Å². The highest BCUT2D eigenvalue weighted by Crippen LogP contribution is 2.20. The number of carbonyl (C=O) groups excluding carboxylic acids is 3. The quantitative estimate of drug-likeness (QED) is 0.693. The third kappa shape index (κ3) is 6.31. The summed E-state index contributed by atoms with van der Waals surface area (Å²) in [7, 11) is 0. The van der Waals surface area contributed by atoms with Crippen molar-refractivity contribution in [1.82, 2.24) is 10.2 Å². The maximum absolute atomic E-state index is 12.8. The first kappa shape index (κ1) is 21.9. The van der Waals surface area contributed by atoms with E-state index in [0.717, 1.165) is 19.3 Å². The first-order chi connectivity index (χ1) is 12.0. The van der Waals surface area contributed by atoms with Gasteiger partial charge in [0.1, 0.15) is 0 Å². The zero-order valence-corrected chi connectivity index (χ0v) is 15.8. The Balaban J connectivity index is 0.00000338. The second-order valence-electron chi connectivity index (χ2n) is 6.25. The van der Waals surface area contributed by atoms with Crippen LogP contribution in [0.2, 0.25) is 0 Å². The molecule has 3 amide bonds. The lowest BCUT2D eigenvalue weighted by atomic mass is 10.0. The second kappa shape index (κ2) is 10.8. The summed E-state index contributed by atoms with van der Waals surface area (Å²) in [6.45, 7) is 2.90. The maximum Gasteiger partial charge on any atom is 0.254 e. The van der Waals surface area contributed by atoms with E-state index in [4.69, 9.17) is 5.73 Å². The Hall–Kier alpha value is -2.12. The summed E-state index contributed by atoms with van der Waals surface area (Å²) in [6, 6.07) is 6.86. The first-order valence-electron chi connectivity index (χ1n) is 8.66. The Morgan fingerprint density at radius 3 is 2.50 bits per heavy atom. The van der Waals surface area contributed by atoms with Crippen LogP contribution < -0.4 is 16.4 Å². The van der Waals surface area contributed by atoms with Crippen LogP contribution in [0.5, 0.6) is 0 Å². The lowest BCUT2D eigenvalue weighted by molar-refractivity contribution is -0.121. The van der Waals surface area contributed by atoms with Gasteiger partial charge < -0.3 is 21.3 Å². The Bertz CT molecular complexity index is 621. The van der Waals surface area contributed by atoms with E-state index in [9.17, 15) is 14.4 Å². The summed E-state index contributed by atoms with van der Waals surface area (Å²) in [6.07, 6.45) is 3.18. The van der Waals surface area contributed by atoms with Gasteiger partial charge in [0, 0.05) is 50.3 Å². The van der Waals surface area contributed by atoms with Crippen molar-refractivity contribution in [3.05, 3.63) is 29.8 Å². The molecule has 0 aromatic heterocycles. The van der Waals surface area contributed by atoms with Gasteiger partial charge >= 0.3 is 0 Å². The van der Waals surface area contributed by atoms with Crippen molar-refractivity contribution in [1.29, 1.82) is 0 Å². The van der Waals surface area contributed by atoms with Crippen molar-refractivity contribution in [2.75, 3.05) is 25.0 Å². The van der Waals surface area contributed by atoms with Crippen LogP contribution in [0.15, 0.2) is 24.3 Å². The zero-order chi connectivity index (χ0) is 18.2. The molecule has 0 saturated carbocycles. The fourth-order valence-corrected chi connectivity index (χ4v) is 3.00. The minimum absolute atomic E-state index is 0. The van der Waals surface area contributed by atoms with E-state index in [0.29, 0.717) is 37.3 Å². The van der Waals surface area contributed by atoms with Gasteiger partial charge in [0.05, 0.1) is 0 Å². The molecular formula is C18H27ClN4O3. The molecule has 4 N–H and O–H groups in total. The van der Waals surface area contributed by atoms with Crippen molar-refractivity contribution >= 4 is 35.8 Å². The summed E-state index contributed by atoms with van der Waals surface area (Å²) < 4.78 is 0. The maximum atomic E-state index is 12.8. The highest BCUT2D eigenvalue weighted by Gasteiger charge is 2.27. The van der Waals surface area contributed by atoms with Crippen molar-refractivity contribution < 1.29 is 14.4 Å². The molecule has 1 unspecified atom stereocenters. The van der Waals surface area contributed by atoms with Crippen LogP contribution in [-0.4, -0.2) is 48.3 Å². The fraction of sp³-hybridized carbons (Fsp3) is 0.500. The summed E-state index contributed by atoms with van der Waals surface area (Å²) >= 11 is 0. The highest BCUT2D eigenvalue weighted by molar-refractivity contribution is 5.95. The molecule has 26 heavy (non-hydrogen) atoms. The predicted molar refractivity (Wildman–Crippen MR) is 103 cm³/mol. The molecule has 1 aromatic carbocycles. The van der Waals surface area contributed by atoms with Gasteiger partial charge in [-0.25, -0.2) is 0 Å². The van der Waals surface area contributed by atoms with Crippen LogP contribution >= 0.6 is 12.4 Å². The number of benzene rings is 1. The molecule has 1 aliphatic heterocycles. The number of amides is 3. The number of anilines is 1. The Kier molecular flexibility index (Phi) is 9.09. The number of nitrogens with zero attached hydrogens (tertiary/aromatic N) is 1. The van der Waals surface area contributed by atoms with Gasteiger partial charge in [0.25, 0.3) is 5.91 Å². The van der Waals surface area contributed by atoms with Gasteiger partial charge in [0.2, 0.25) is 11.8 Å². The van der Waals surface area contributed by atoms with Gasteiger partial charge in [-0.15, -0.1) is 12.4 Å². The molecule has 1 aliphatic rings. The van der Waals surface area contributed by atoms with Crippen LogP contribution in [0.3, 0.4) is 0 Å². The average Bonchev–Trinajstić information content (AvgIpc) is 2.60. The number of rotatable bonds is 6. The third-order valence-electron chi connectivity index (χ3n) is 4.25. The average molecular weight is 383 g/mol. The molecule has 0 spiro atoms. The zero-order valence-electron chi connectivity index (χ0n) is 15.0. The van der Waals surface area contributed by atoms with Crippen LogP contribution in [0.25, 0.3) is 0 Å². The van der Waals surface area contributed by atoms with Gasteiger partial charge in [-0.1, -0.05) is 0 Å². The molecule has 0 aliphatic carbocycles. The minimum Gasteiger partial charge on any atom is -0.354 e. The van der Waals surface area contributed by atoms with Gasteiger partial charge in [-0.3, -0.25) is 14.4 Å². The normalized spacial score (nSPS) is 16.4. The lowest BCUT2D eigenvalue weighted by Crippen LogP contribution is -2.49. The Labute approximate surface area is 160 Å². The predicted octanol–water partition coefficient (Wildman–Crippen LogP) is 1.53. The van der Waals surface area contributed by atoms with E-state index in [-0.39, 0.29) is 36.2 Å². The SMILES string of the molecule is CC(=O)Nc1ccc(C(=O)N2CCCCC2CNC(=O)CCN)cc1.Cl. The number of nitrogens with two attached hydrogens (primary N) is 1. The molecule has 8 heteroatoms. The molecule has 1 aromatic rings. The molecule has 1 saturated heterocycles. The van der Waals surface area contributed by atoms with Crippen molar-refractivity contribution in [2.24, 2.45) is 5.73 Å². The molecule has 144 valence electrons. The van der Waals surface area contributed by atoms with Gasteiger partial charge in [-0.05, 0) is 43.5 Å². The standard InChI is InChI=1S/C18H26N4O3.ClH/c1-13(23)21-15-7-5-14(6-8-15)18(25)22-11-3-2-4-16(22)12-20-17(24)9-10-19;/h5-8,16H,2-4,9-12,19H2,1H3,(H,20,24)(H,21,23);1H. The number of hydrogen-bond donors (Lipinski definition) is 3. The molecular weight excluding hydrogens is 356 g/mol. The molecule has 0 bridgehead atoms. The summed E-state index contributed by atoms with van der Waals surface area (Å²) in [5, 5.41) is 5.54. The van der Waals surface area contributed by atoms with E-state index >= 15 is 0 Å². The molecule has 0 radical (unpaired) electrons. The van der Waals surface area contributed by atoms with Crippen molar-refractivity contribution in [3.8, 4) is 0 Å². The summed E-state index contributed by atoms with van der Waals surface area (Å²) in [4.78, 5) is 37.3. The number of hydrogen-bond acceptors (Lipinski definition) is 4. The number of nitrogens with one attached hydrogen (secondary N) is 2. The number of halogens is 1. The van der Waals surface area contributed by atoms with Crippen molar-refractivity contribution in [2.45, 2.75) is 38.6 Å². The Morgan fingerprint density at radius 1 is 1.19 bits per heavy atom. The van der Waals surface area contributed by atoms with Crippen LogP contribution in [0, 0.1) is 0 Å². The van der Waals surface area contributed by atoms with E-state index in [1.54, 1.807) is 24.3 Å². The van der Waals surface area contributed by atoms with Crippen molar-refractivity contribution in [3.63, 3.8) is 0 Å². The third-order valence-corrected chi connectivity index (χ3v) is 4.25. The van der Waals surface area contributed by atoms with Crippen LogP contribution in [0.4, 0.5) is 5.69 Å². The van der Waals surface area contributed by atoms with Gasteiger partial charge in [0.15, 0.2) is 0 Å². The van der Waals surface area contributed by atoms with E-state index in [1.807, 2.05) is 4.90 Å². The number of likely N-dealkylation sites (tertiary alicyclic amines) is 1. The largest absolute Gasteiger partial charge is 0.354 e. The van der Waals surface area contributed by atoms with Crippen LogP contribution in [-0.2, 0) is 9.59 Å². The summed E-state index contributed by atoms with van der Waals surface area (Å²) in [5.74, 6) is -0.282. The fourth-order valence-electron chi connectivity index (χ4n) is 3.00. The topological polar surface area (TPSA) is 105 Å². The molecule has 1 fully saturated rings. The smallest absolute Gasteiger partial charge is 0.254 e. The molecule has 1 atom stereocenters. The summed E-state index contributed by atoms with van der Waals surface area (Å²) in [5.41, 5.74) is 6.62. The molecule has 1 heterocycles.